The molecule has 2 atom stereocenters. The monoisotopic (exact) mass is 419 g/mol. The molecule has 1 N–H and O–H groups in total. The Bertz CT molecular complexity index is 764. The zero-order valence-corrected chi connectivity index (χ0v) is 15.9. The normalized spacial score (nSPS) is 13.0. The molecule has 0 aromatic heterocycles. The molecule has 29 heavy (non-hydrogen) atoms. The number of carbonyl (C=O) groups is 4. The van der Waals surface area contributed by atoms with Gasteiger partial charge < -0.3 is 19.5 Å². The van der Waals surface area contributed by atoms with E-state index in [-0.39, 0.29) is 5.56 Å². The molecule has 1 aromatic rings. The van der Waals surface area contributed by atoms with Gasteiger partial charge in [-0.05, 0) is 11.6 Å². The van der Waals surface area contributed by atoms with Gasteiger partial charge in [-0.25, -0.2) is 4.79 Å². The van der Waals surface area contributed by atoms with Gasteiger partial charge in [-0.15, -0.1) is 0 Å². The van der Waals surface area contributed by atoms with Crippen LogP contribution in [0.15, 0.2) is 24.3 Å². The van der Waals surface area contributed by atoms with Gasteiger partial charge in [0.25, 0.3) is 0 Å². The van der Waals surface area contributed by atoms with Crippen molar-refractivity contribution in [3.8, 4) is 0 Å². The molecule has 11 heteroatoms. The lowest BCUT2D eigenvalue weighted by molar-refractivity contribution is -0.159. The van der Waals surface area contributed by atoms with Crippen LogP contribution in [0.1, 0.15) is 17.5 Å². The lowest BCUT2D eigenvalue weighted by Crippen LogP contribution is -2.50. The summed E-state index contributed by atoms with van der Waals surface area (Å²) in [5, 5.41) is 2.22. The van der Waals surface area contributed by atoms with Crippen LogP contribution in [-0.2, 0) is 46.0 Å². The van der Waals surface area contributed by atoms with Crippen molar-refractivity contribution in [3.05, 3.63) is 35.4 Å². The summed E-state index contributed by atoms with van der Waals surface area (Å²) < 4.78 is 52.0. The zero-order valence-electron chi connectivity index (χ0n) is 15.9. The lowest BCUT2D eigenvalue weighted by atomic mass is 9.95. The minimum absolute atomic E-state index is 0.0310. The maximum absolute atomic E-state index is 12.8. The highest BCUT2D eigenvalue weighted by molar-refractivity contribution is 5.91. The Morgan fingerprint density at radius 1 is 1.00 bits per heavy atom. The summed E-state index contributed by atoms with van der Waals surface area (Å²) in [7, 11) is 3.09. The lowest BCUT2D eigenvalue weighted by Gasteiger charge is -2.23. The third-order valence-corrected chi connectivity index (χ3v) is 3.91. The molecule has 0 aliphatic heterocycles. The van der Waals surface area contributed by atoms with Crippen LogP contribution in [-0.4, -0.2) is 51.2 Å². The third-order valence-electron chi connectivity index (χ3n) is 3.91. The van der Waals surface area contributed by atoms with E-state index in [1.165, 1.54) is 6.07 Å². The second-order valence-electron chi connectivity index (χ2n) is 5.85. The van der Waals surface area contributed by atoms with Gasteiger partial charge in [-0.1, -0.05) is 18.2 Å². The van der Waals surface area contributed by atoms with Crippen molar-refractivity contribution >= 4 is 23.8 Å². The van der Waals surface area contributed by atoms with Crippen LogP contribution < -0.4 is 5.32 Å². The molecule has 0 bridgehead atoms. The minimum Gasteiger partial charge on any atom is -0.469 e. The van der Waals surface area contributed by atoms with Gasteiger partial charge in [0, 0.05) is 0 Å². The van der Waals surface area contributed by atoms with Crippen LogP contribution in [0.3, 0.4) is 0 Å². The predicted octanol–water partition coefficient (Wildman–Crippen LogP) is 1.26. The van der Waals surface area contributed by atoms with Gasteiger partial charge in [-0.3, -0.25) is 14.4 Å². The molecule has 0 radical (unpaired) electrons. The van der Waals surface area contributed by atoms with Gasteiger partial charge in [0.05, 0.1) is 45.7 Å². The molecule has 0 saturated carbocycles. The molecule has 0 unspecified atom stereocenters. The number of amides is 1. The van der Waals surface area contributed by atoms with Gasteiger partial charge in [0.15, 0.2) is 0 Å². The van der Waals surface area contributed by atoms with Crippen molar-refractivity contribution in [1.82, 2.24) is 5.32 Å². The van der Waals surface area contributed by atoms with E-state index in [9.17, 15) is 32.3 Å². The number of ether oxygens (including phenoxy) is 3. The number of alkyl halides is 3. The van der Waals surface area contributed by atoms with E-state index >= 15 is 0 Å². The van der Waals surface area contributed by atoms with Crippen LogP contribution >= 0.6 is 0 Å². The average molecular weight is 419 g/mol. The molecule has 160 valence electrons. The fourth-order valence-corrected chi connectivity index (χ4v) is 2.47. The quantitative estimate of drug-likeness (QED) is 0.499. The predicted molar refractivity (Wildman–Crippen MR) is 91.2 cm³/mol. The largest absolute Gasteiger partial charge is 0.469 e. The average Bonchev–Trinajstić information content (AvgIpc) is 2.68. The number of esters is 3. The first kappa shape index (κ1) is 23.9. The van der Waals surface area contributed by atoms with Crippen molar-refractivity contribution in [2.24, 2.45) is 5.92 Å². The highest BCUT2D eigenvalue weighted by atomic mass is 19.4. The Hall–Kier alpha value is -3.11. The number of benzene rings is 1. The van der Waals surface area contributed by atoms with Crippen molar-refractivity contribution in [2.45, 2.75) is 25.1 Å². The highest BCUT2D eigenvalue weighted by Gasteiger charge is 2.38. The summed E-state index contributed by atoms with van der Waals surface area (Å²) in [6.45, 7) is 0. The fraction of sp³-hybridized carbons (Fsp3) is 0.444. The first-order chi connectivity index (χ1) is 13.5. The molecule has 0 saturated heterocycles. The standard InChI is InChI=1S/C18H20F3NO7/c1-27-14(24)9-12(16(25)28-2)15(17(26)29-3)22-13(23)8-10-5-4-6-11(7-10)18(19,20)21/h4-7,12,15H,8-9H2,1-3H3,(H,22,23)/t12-,15-/m0/s1. The molecule has 1 amide bonds. The highest BCUT2D eigenvalue weighted by Crippen LogP contribution is 2.29. The van der Waals surface area contributed by atoms with E-state index in [0.29, 0.717) is 0 Å². The van der Waals surface area contributed by atoms with Crippen LogP contribution in [0.25, 0.3) is 0 Å². The number of rotatable bonds is 8. The number of methoxy groups -OCH3 is 3. The fourth-order valence-electron chi connectivity index (χ4n) is 2.47. The first-order valence-corrected chi connectivity index (χ1v) is 8.21. The minimum atomic E-state index is -4.59. The van der Waals surface area contributed by atoms with Crippen molar-refractivity contribution in [2.75, 3.05) is 21.3 Å². The summed E-state index contributed by atoms with van der Waals surface area (Å²) in [4.78, 5) is 47.9. The summed E-state index contributed by atoms with van der Waals surface area (Å²) in [6.07, 6.45) is -5.69. The molecule has 8 nitrogen and oxygen atoms in total. The molecular weight excluding hydrogens is 399 g/mol. The Morgan fingerprint density at radius 3 is 2.14 bits per heavy atom. The molecule has 0 heterocycles. The second-order valence-corrected chi connectivity index (χ2v) is 5.85. The van der Waals surface area contributed by atoms with E-state index in [4.69, 9.17) is 0 Å². The molecule has 0 spiro atoms. The second kappa shape index (κ2) is 10.4. The first-order valence-electron chi connectivity index (χ1n) is 8.21. The summed E-state index contributed by atoms with van der Waals surface area (Å²) in [5.74, 6) is -5.18. The van der Waals surface area contributed by atoms with Gasteiger partial charge in [-0.2, -0.15) is 13.2 Å². The van der Waals surface area contributed by atoms with E-state index in [1.54, 1.807) is 0 Å². The number of carbonyl (C=O) groups excluding carboxylic acids is 4. The molecular formula is C18H20F3NO7. The summed E-state index contributed by atoms with van der Waals surface area (Å²) in [5.41, 5.74) is -0.908. The number of halogens is 3. The molecule has 0 aliphatic carbocycles. The summed E-state index contributed by atoms with van der Waals surface area (Å²) >= 11 is 0. The topological polar surface area (TPSA) is 108 Å². The summed E-state index contributed by atoms with van der Waals surface area (Å²) in [6, 6.07) is 2.47. The maximum Gasteiger partial charge on any atom is 0.416 e. The van der Waals surface area contributed by atoms with Gasteiger partial charge >= 0.3 is 24.1 Å². The van der Waals surface area contributed by atoms with E-state index < -0.39 is 60.4 Å². The number of nitrogens with one attached hydrogen (secondary N) is 1. The SMILES string of the molecule is COC(=O)C[C@H](C(=O)OC)[C@H](NC(=O)Cc1cccc(C(F)(F)F)c1)C(=O)OC. The van der Waals surface area contributed by atoms with Crippen molar-refractivity contribution in [1.29, 1.82) is 0 Å². The smallest absolute Gasteiger partial charge is 0.416 e. The maximum atomic E-state index is 12.8. The molecule has 0 aliphatic rings. The van der Waals surface area contributed by atoms with Crippen LogP contribution in [0.4, 0.5) is 13.2 Å². The Morgan fingerprint density at radius 2 is 1.62 bits per heavy atom. The van der Waals surface area contributed by atoms with Gasteiger partial charge in [0.2, 0.25) is 5.91 Å². The van der Waals surface area contributed by atoms with Gasteiger partial charge in [0.1, 0.15) is 6.04 Å². The Balaban J connectivity index is 3.05. The van der Waals surface area contributed by atoms with E-state index in [2.05, 4.69) is 19.5 Å². The van der Waals surface area contributed by atoms with E-state index in [0.717, 1.165) is 39.5 Å². The van der Waals surface area contributed by atoms with Crippen LogP contribution in [0, 0.1) is 5.92 Å². The Labute approximate surface area is 164 Å². The third kappa shape index (κ3) is 7.09. The molecule has 1 aromatic carbocycles. The van der Waals surface area contributed by atoms with Crippen molar-refractivity contribution < 1.29 is 46.6 Å². The molecule has 1 rings (SSSR count). The Kier molecular flexibility index (Phi) is 8.61. The zero-order chi connectivity index (χ0) is 22.2. The number of hydrogen-bond acceptors (Lipinski definition) is 7. The van der Waals surface area contributed by atoms with Crippen molar-refractivity contribution in [3.63, 3.8) is 0 Å². The van der Waals surface area contributed by atoms with E-state index in [1.807, 2.05) is 0 Å². The van der Waals surface area contributed by atoms with Crippen LogP contribution in [0.2, 0.25) is 0 Å². The number of hydrogen-bond donors (Lipinski definition) is 1. The molecule has 0 fully saturated rings. The van der Waals surface area contributed by atoms with Crippen LogP contribution in [0.5, 0.6) is 0 Å².